The zero-order valence-electron chi connectivity index (χ0n) is 15.0. The van der Waals surface area contributed by atoms with E-state index in [0.717, 1.165) is 19.1 Å². The Labute approximate surface area is 153 Å². The molecule has 2 aromatic rings. The summed E-state index contributed by atoms with van der Waals surface area (Å²) >= 11 is 0. The van der Waals surface area contributed by atoms with Crippen LogP contribution in [0.2, 0.25) is 0 Å². The summed E-state index contributed by atoms with van der Waals surface area (Å²) in [5, 5.41) is 0. The van der Waals surface area contributed by atoms with Gasteiger partial charge in [0.2, 0.25) is 10.0 Å². The maximum Gasteiger partial charge on any atom is 0.289 e. The highest BCUT2D eigenvalue weighted by Gasteiger charge is 2.37. The number of hydrogen-bond acceptors (Lipinski definition) is 5. The average molecular weight is 380 g/mol. The number of hydrogen-bond donors (Lipinski definition) is 1. The number of nitrogens with one attached hydrogen (secondary N) is 1. The summed E-state index contributed by atoms with van der Waals surface area (Å²) in [5.74, 6) is 0.844. The normalized spacial score (nSPS) is 20.6. The molecular weight excluding hydrogens is 356 g/mol. The molecule has 9 heteroatoms. The molecule has 26 heavy (non-hydrogen) atoms. The van der Waals surface area contributed by atoms with E-state index >= 15 is 0 Å². The van der Waals surface area contributed by atoms with Crippen molar-refractivity contribution < 1.29 is 17.6 Å². The van der Waals surface area contributed by atoms with Crippen molar-refractivity contribution in [2.45, 2.75) is 32.4 Å². The van der Waals surface area contributed by atoms with E-state index < -0.39 is 10.0 Å². The third-order valence-corrected chi connectivity index (χ3v) is 5.25. The lowest BCUT2D eigenvalue weighted by Crippen LogP contribution is -2.40. The molecule has 1 N–H and O–H groups in total. The summed E-state index contributed by atoms with van der Waals surface area (Å²) in [6.45, 7) is 3.44. The Morgan fingerprint density at radius 3 is 2.85 bits per heavy atom. The minimum absolute atomic E-state index is 0.110. The zero-order chi connectivity index (χ0) is 18.7. The molecule has 2 atom stereocenters. The molecule has 1 aliphatic rings. The fraction of sp³-hybridized carbons (Fsp3) is 0.529. The Morgan fingerprint density at radius 2 is 2.19 bits per heavy atom. The van der Waals surface area contributed by atoms with Crippen molar-refractivity contribution in [3.63, 3.8) is 0 Å². The number of imidazole rings is 1. The smallest absolute Gasteiger partial charge is 0.289 e. The predicted octanol–water partition coefficient (Wildman–Crippen LogP) is 1.31. The molecule has 3 heterocycles. The molecular formula is C17H24N4O4S. The van der Waals surface area contributed by atoms with Crippen LogP contribution in [-0.4, -0.2) is 54.2 Å². The molecule has 0 bridgehead atoms. The molecule has 8 nitrogen and oxygen atoms in total. The molecule has 2 aromatic heterocycles. The molecule has 0 aliphatic carbocycles. The van der Waals surface area contributed by atoms with Gasteiger partial charge in [0.15, 0.2) is 5.76 Å². The van der Waals surface area contributed by atoms with Crippen LogP contribution in [0.3, 0.4) is 0 Å². The first-order valence-corrected chi connectivity index (χ1v) is 10.6. The van der Waals surface area contributed by atoms with E-state index in [1.807, 2.05) is 10.8 Å². The molecule has 1 aliphatic heterocycles. The van der Waals surface area contributed by atoms with E-state index in [2.05, 4.69) is 16.6 Å². The number of rotatable bonds is 7. The van der Waals surface area contributed by atoms with Crippen LogP contribution in [0.5, 0.6) is 0 Å². The lowest BCUT2D eigenvalue weighted by Gasteiger charge is -2.17. The minimum atomic E-state index is -3.32. The van der Waals surface area contributed by atoms with Gasteiger partial charge in [0.05, 0.1) is 19.1 Å². The van der Waals surface area contributed by atoms with Gasteiger partial charge in [-0.1, -0.05) is 13.3 Å². The Kier molecular flexibility index (Phi) is 5.47. The summed E-state index contributed by atoms with van der Waals surface area (Å²) in [6.07, 6.45) is 8.13. The van der Waals surface area contributed by atoms with Gasteiger partial charge in [-0.15, -0.1) is 0 Å². The van der Waals surface area contributed by atoms with Crippen LogP contribution < -0.4 is 4.72 Å². The van der Waals surface area contributed by atoms with Crippen LogP contribution in [-0.2, 0) is 16.6 Å². The first-order chi connectivity index (χ1) is 12.4. The van der Waals surface area contributed by atoms with Crippen molar-refractivity contribution in [3.05, 3.63) is 42.4 Å². The summed E-state index contributed by atoms with van der Waals surface area (Å²) in [5.41, 5.74) is 0. The second kappa shape index (κ2) is 7.63. The molecule has 0 unspecified atom stereocenters. The second-order valence-corrected chi connectivity index (χ2v) is 8.54. The molecule has 0 radical (unpaired) electrons. The van der Waals surface area contributed by atoms with E-state index in [9.17, 15) is 13.2 Å². The number of carbonyl (C=O) groups is 1. The van der Waals surface area contributed by atoms with Crippen molar-refractivity contribution >= 4 is 15.9 Å². The number of sulfonamides is 1. The van der Waals surface area contributed by atoms with Gasteiger partial charge in [-0.2, -0.15) is 0 Å². The van der Waals surface area contributed by atoms with E-state index in [0.29, 0.717) is 25.4 Å². The van der Waals surface area contributed by atoms with Crippen molar-refractivity contribution in [1.29, 1.82) is 0 Å². The number of amides is 1. The maximum atomic E-state index is 12.8. The molecule has 1 saturated heterocycles. The minimum Gasteiger partial charge on any atom is -0.454 e. The average Bonchev–Trinajstić information content (AvgIpc) is 3.28. The van der Waals surface area contributed by atoms with Gasteiger partial charge < -0.3 is 13.9 Å². The molecule has 0 aromatic carbocycles. The van der Waals surface area contributed by atoms with Gasteiger partial charge in [0, 0.05) is 31.5 Å². The molecule has 0 saturated carbocycles. The first kappa shape index (κ1) is 18.7. The number of carbonyl (C=O) groups excluding carboxylic acids is 1. The maximum absolute atomic E-state index is 12.8. The number of aromatic nitrogens is 2. The predicted molar refractivity (Wildman–Crippen MR) is 96.1 cm³/mol. The van der Waals surface area contributed by atoms with Gasteiger partial charge in [-0.3, -0.25) is 4.79 Å². The Bertz CT molecular complexity index is 844. The molecule has 3 rings (SSSR count). The van der Waals surface area contributed by atoms with Crippen LogP contribution >= 0.6 is 0 Å². The highest BCUT2D eigenvalue weighted by Crippen LogP contribution is 2.24. The van der Waals surface area contributed by atoms with Crippen molar-refractivity contribution in [3.8, 4) is 0 Å². The highest BCUT2D eigenvalue weighted by molar-refractivity contribution is 7.88. The van der Waals surface area contributed by atoms with Crippen molar-refractivity contribution in [2.24, 2.45) is 5.92 Å². The molecule has 142 valence electrons. The van der Waals surface area contributed by atoms with Crippen molar-refractivity contribution in [1.82, 2.24) is 19.2 Å². The SMILES string of the molecule is CCC[C@@H]1CN(C(=O)c2ccc(Cn3ccnc3)o2)C[C@H]1NS(C)(=O)=O. The summed E-state index contributed by atoms with van der Waals surface area (Å²) in [6, 6.07) is 3.19. The number of furan rings is 1. The number of nitrogens with zero attached hydrogens (tertiary/aromatic N) is 3. The largest absolute Gasteiger partial charge is 0.454 e. The third-order valence-electron chi connectivity index (χ3n) is 4.52. The molecule has 1 amide bonds. The number of likely N-dealkylation sites (tertiary alicyclic amines) is 1. The Balaban J connectivity index is 1.68. The monoisotopic (exact) mass is 380 g/mol. The summed E-state index contributed by atoms with van der Waals surface area (Å²) in [4.78, 5) is 18.4. The van der Waals surface area contributed by atoms with Crippen LogP contribution in [0.15, 0.2) is 35.3 Å². The van der Waals surface area contributed by atoms with Crippen LogP contribution in [0.4, 0.5) is 0 Å². The van der Waals surface area contributed by atoms with E-state index in [1.165, 1.54) is 0 Å². The first-order valence-electron chi connectivity index (χ1n) is 8.66. The van der Waals surface area contributed by atoms with Crippen molar-refractivity contribution in [2.75, 3.05) is 19.3 Å². The van der Waals surface area contributed by atoms with E-state index in [-0.39, 0.29) is 23.6 Å². The second-order valence-electron chi connectivity index (χ2n) is 6.76. The van der Waals surface area contributed by atoms with E-state index in [1.54, 1.807) is 29.6 Å². The lowest BCUT2D eigenvalue weighted by molar-refractivity contribution is 0.0751. The topological polar surface area (TPSA) is 97.4 Å². The third kappa shape index (κ3) is 4.53. The zero-order valence-corrected chi connectivity index (χ0v) is 15.8. The fourth-order valence-corrected chi connectivity index (χ4v) is 4.22. The molecule has 1 fully saturated rings. The lowest BCUT2D eigenvalue weighted by atomic mass is 9.99. The van der Waals surface area contributed by atoms with E-state index in [4.69, 9.17) is 4.42 Å². The van der Waals surface area contributed by atoms with Gasteiger partial charge >= 0.3 is 0 Å². The van der Waals surface area contributed by atoms with Crippen LogP contribution in [0.25, 0.3) is 0 Å². The van der Waals surface area contributed by atoms with Gasteiger partial charge in [0.25, 0.3) is 5.91 Å². The van der Waals surface area contributed by atoms with Gasteiger partial charge in [-0.25, -0.2) is 18.1 Å². The fourth-order valence-electron chi connectivity index (χ4n) is 3.40. The van der Waals surface area contributed by atoms with Crippen LogP contribution in [0, 0.1) is 5.92 Å². The Hall–Kier alpha value is -2.13. The summed E-state index contributed by atoms with van der Waals surface area (Å²) in [7, 11) is -3.32. The standard InChI is InChI=1S/C17H24N4O4S/c1-3-4-13-9-21(11-15(13)19-26(2,23)24)17(22)16-6-5-14(25-16)10-20-8-7-18-12-20/h5-8,12-13,15,19H,3-4,9-11H2,1-2H3/t13-,15-/m1/s1. The van der Waals surface area contributed by atoms with Gasteiger partial charge in [0.1, 0.15) is 5.76 Å². The Morgan fingerprint density at radius 1 is 1.38 bits per heavy atom. The quantitative estimate of drug-likeness (QED) is 0.781. The summed E-state index contributed by atoms with van der Waals surface area (Å²) < 4.78 is 33.4. The van der Waals surface area contributed by atoms with Crippen LogP contribution in [0.1, 0.15) is 36.1 Å². The van der Waals surface area contributed by atoms with Gasteiger partial charge in [-0.05, 0) is 24.5 Å². The molecule has 0 spiro atoms. The highest BCUT2D eigenvalue weighted by atomic mass is 32.2.